The molecule has 2 aliphatic rings. The topological polar surface area (TPSA) is 58.4 Å². The maximum absolute atomic E-state index is 13.6. The van der Waals surface area contributed by atoms with Crippen LogP contribution >= 0.6 is 0 Å². The highest BCUT2D eigenvalue weighted by atomic mass is 19.1. The molecule has 0 spiro atoms. The molecule has 114 valence electrons. The number of rotatable bonds is 4. The van der Waals surface area contributed by atoms with Crippen LogP contribution in [0.2, 0.25) is 0 Å². The molecule has 2 fully saturated rings. The average Bonchev–Trinajstić information content (AvgIpc) is 3.21. The van der Waals surface area contributed by atoms with E-state index in [9.17, 15) is 9.18 Å². The molecule has 1 saturated heterocycles. The highest BCUT2D eigenvalue weighted by molar-refractivity contribution is 5.95. The van der Waals surface area contributed by atoms with Gasteiger partial charge in [0.1, 0.15) is 5.82 Å². The second-order valence-corrected chi connectivity index (χ2v) is 6.26. The number of carbonyl (C=O) groups is 1. The summed E-state index contributed by atoms with van der Waals surface area (Å²) in [6.07, 6.45) is 3.77. The van der Waals surface area contributed by atoms with E-state index in [1.165, 1.54) is 18.9 Å². The maximum Gasteiger partial charge on any atom is 0.251 e. The monoisotopic (exact) mass is 291 g/mol. The second kappa shape index (κ2) is 5.64. The van der Waals surface area contributed by atoms with E-state index in [1.807, 2.05) is 0 Å². The molecule has 3 rings (SSSR count). The average molecular weight is 291 g/mol. The summed E-state index contributed by atoms with van der Waals surface area (Å²) in [6, 6.07) is 3.59. The molecule has 5 heteroatoms. The smallest absolute Gasteiger partial charge is 0.251 e. The Morgan fingerprint density at radius 1 is 1.43 bits per heavy atom. The summed E-state index contributed by atoms with van der Waals surface area (Å²) in [4.78, 5) is 14.6. The van der Waals surface area contributed by atoms with Gasteiger partial charge in [-0.15, -0.1) is 0 Å². The third-order valence-electron chi connectivity index (χ3n) is 4.58. The third-order valence-corrected chi connectivity index (χ3v) is 4.58. The molecular weight excluding hydrogens is 269 g/mol. The summed E-state index contributed by atoms with van der Waals surface area (Å²) in [5.74, 6) is -0.173. The van der Waals surface area contributed by atoms with Gasteiger partial charge in [0.15, 0.2) is 0 Å². The Morgan fingerprint density at radius 3 is 2.86 bits per heavy atom. The van der Waals surface area contributed by atoms with Crippen LogP contribution in [0.1, 0.15) is 35.2 Å². The number of benzene rings is 1. The molecule has 4 nitrogen and oxygen atoms in total. The van der Waals surface area contributed by atoms with Crippen molar-refractivity contribution < 1.29 is 9.18 Å². The molecule has 1 aliphatic heterocycles. The van der Waals surface area contributed by atoms with Gasteiger partial charge >= 0.3 is 0 Å². The molecule has 1 amide bonds. The predicted molar refractivity (Wildman–Crippen MR) is 80.6 cm³/mol. The number of nitrogens with one attached hydrogen (secondary N) is 1. The number of hydrogen-bond acceptors (Lipinski definition) is 3. The van der Waals surface area contributed by atoms with E-state index in [-0.39, 0.29) is 5.91 Å². The number of nitrogen functional groups attached to an aromatic ring is 1. The Bertz CT molecular complexity index is 533. The van der Waals surface area contributed by atoms with E-state index in [0.717, 1.165) is 25.6 Å². The normalized spacial score (nSPS) is 22.5. The third kappa shape index (κ3) is 3.18. The van der Waals surface area contributed by atoms with Crippen LogP contribution < -0.4 is 11.1 Å². The summed E-state index contributed by atoms with van der Waals surface area (Å²) < 4.78 is 13.6. The Labute approximate surface area is 124 Å². The van der Waals surface area contributed by atoms with E-state index in [4.69, 9.17) is 5.73 Å². The van der Waals surface area contributed by atoms with Crippen molar-refractivity contribution in [2.45, 2.75) is 32.2 Å². The van der Waals surface area contributed by atoms with Crippen LogP contribution in [-0.2, 0) is 0 Å². The van der Waals surface area contributed by atoms with Gasteiger partial charge < -0.3 is 16.0 Å². The number of halogens is 1. The lowest BCUT2D eigenvalue weighted by Crippen LogP contribution is -2.31. The zero-order valence-electron chi connectivity index (χ0n) is 12.4. The Kier molecular flexibility index (Phi) is 3.85. The number of hydrogen-bond donors (Lipinski definition) is 2. The number of nitrogens with zero attached hydrogens (tertiary/aromatic N) is 1. The van der Waals surface area contributed by atoms with Crippen LogP contribution in [0.15, 0.2) is 12.1 Å². The summed E-state index contributed by atoms with van der Waals surface area (Å²) in [6.45, 7) is 4.46. The van der Waals surface area contributed by atoms with Crippen LogP contribution in [0, 0.1) is 18.7 Å². The van der Waals surface area contributed by atoms with Gasteiger partial charge in [0.05, 0.1) is 0 Å². The van der Waals surface area contributed by atoms with E-state index < -0.39 is 5.82 Å². The van der Waals surface area contributed by atoms with Gasteiger partial charge in [-0.2, -0.15) is 0 Å². The zero-order valence-corrected chi connectivity index (χ0v) is 12.4. The van der Waals surface area contributed by atoms with Crippen molar-refractivity contribution >= 4 is 11.6 Å². The summed E-state index contributed by atoms with van der Waals surface area (Å²) >= 11 is 0. The molecule has 1 aliphatic carbocycles. The molecule has 1 saturated carbocycles. The van der Waals surface area contributed by atoms with Crippen LogP contribution in [0.4, 0.5) is 10.1 Å². The minimum Gasteiger partial charge on any atom is -0.398 e. The second-order valence-electron chi connectivity index (χ2n) is 6.26. The lowest BCUT2D eigenvalue weighted by molar-refractivity contribution is 0.0947. The Balaban J connectivity index is 1.54. The Morgan fingerprint density at radius 2 is 2.19 bits per heavy atom. The summed E-state index contributed by atoms with van der Waals surface area (Å²) in [5, 5.41) is 2.91. The fourth-order valence-corrected chi connectivity index (χ4v) is 2.97. The Hall–Kier alpha value is -1.62. The number of likely N-dealkylation sites (tertiary alicyclic amines) is 1. The quantitative estimate of drug-likeness (QED) is 0.833. The largest absolute Gasteiger partial charge is 0.398 e. The fourth-order valence-electron chi connectivity index (χ4n) is 2.97. The van der Waals surface area contributed by atoms with Crippen molar-refractivity contribution in [1.29, 1.82) is 0 Å². The van der Waals surface area contributed by atoms with E-state index in [0.29, 0.717) is 29.3 Å². The molecule has 1 unspecified atom stereocenters. The van der Waals surface area contributed by atoms with Gasteiger partial charge in [0.2, 0.25) is 0 Å². The molecule has 1 aromatic carbocycles. The molecule has 3 N–H and O–H groups in total. The minimum absolute atomic E-state index is 0.245. The molecule has 0 radical (unpaired) electrons. The minimum atomic E-state index is -0.430. The molecule has 0 bridgehead atoms. The van der Waals surface area contributed by atoms with Crippen molar-refractivity contribution in [3.05, 3.63) is 29.1 Å². The summed E-state index contributed by atoms with van der Waals surface area (Å²) in [5.41, 5.74) is 6.72. The van der Waals surface area contributed by atoms with Gasteiger partial charge in [-0.1, -0.05) is 0 Å². The zero-order chi connectivity index (χ0) is 15.0. The van der Waals surface area contributed by atoms with Crippen molar-refractivity contribution in [2.75, 3.05) is 25.4 Å². The fraction of sp³-hybridized carbons (Fsp3) is 0.562. The summed E-state index contributed by atoms with van der Waals surface area (Å²) in [7, 11) is 0. The van der Waals surface area contributed by atoms with Gasteiger partial charge in [0, 0.05) is 35.9 Å². The SMILES string of the molecule is Cc1c(N)cc(C(=O)NCC2CCN(C3CC3)C2)cc1F. The lowest BCUT2D eigenvalue weighted by atomic mass is 10.1. The first-order valence-electron chi connectivity index (χ1n) is 7.62. The molecule has 21 heavy (non-hydrogen) atoms. The van der Waals surface area contributed by atoms with E-state index in [2.05, 4.69) is 10.2 Å². The van der Waals surface area contributed by atoms with Crippen LogP contribution in [0.3, 0.4) is 0 Å². The molecule has 1 atom stereocenters. The van der Waals surface area contributed by atoms with Gasteiger partial charge in [-0.25, -0.2) is 4.39 Å². The first kappa shape index (κ1) is 14.3. The van der Waals surface area contributed by atoms with E-state index >= 15 is 0 Å². The first-order valence-corrected chi connectivity index (χ1v) is 7.62. The standard InChI is InChI=1S/C16H22FN3O/c1-10-14(17)6-12(7-15(10)18)16(21)19-8-11-4-5-20(9-11)13-2-3-13/h6-7,11,13H,2-5,8-9,18H2,1H3,(H,19,21). The van der Waals surface area contributed by atoms with E-state index in [1.54, 1.807) is 13.0 Å². The maximum atomic E-state index is 13.6. The van der Waals surface area contributed by atoms with Crippen LogP contribution in [0.5, 0.6) is 0 Å². The van der Waals surface area contributed by atoms with Crippen LogP contribution in [0.25, 0.3) is 0 Å². The number of anilines is 1. The lowest BCUT2D eigenvalue weighted by Gasteiger charge is -2.15. The van der Waals surface area contributed by atoms with Crippen molar-refractivity contribution in [2.24, 2.45) is 5.92 Å². The van der Waals surface area contributed by atoms with Gasteiger partial charge in [0.25, 0.3) is 5.91 Å². The van der Waals surface area contributed by atoms with Crippen LogP contribution in [-0.4, -0.2) is 36.5 Å². The highest BCUT2D eigenvalue weighted by Crippen LogP contribution is 2.31. The first-order chi connectivity index (χ1) is 10.0. The molecular formula is C16H22FN3O. The number of amides is 1. The highest BCUT2D eigenvalue weighted by Gasteiger charge is 2.34. The molecule has 1 aromatic rings. The predicted octanol–water partition coefficient (Wildman–Crippen LogP) is 1.93. The van der Waals surface area contributed by atoms with Crippen molar-refractivity contribution in [3.63, 3.8) is 0 Å². The van der Waals surface area contributed by atoms with Crippen molar-refractivity contribution in [3.8, 4) is 0 Å². The van der Waals surface area contributed by atoms with Gasteiger partial charge in [-0.3, -0.25) is 4.79 Å². The number of nitrogens with two attached hydrogens (primary N) is 1. The number of carbonyl (C=O) groups excluding carboxylic acids is 1. The molecule has 1 heterocycles. The van der Waals surface area contributed by atoms with Crippen molar-refractivity contribution in [1.82, 2.24) is 10.2 Å². The molecule has 0 aromatic heterocycles. The van der Waals surface area contributed by atoms with Gasteiger partial charge in [-0.05, 0) is 50.8 Å².